The van der Waals surface area contributed by atoms with Gasteiger partial charge in [0.2, 0.25) is 17.7 Å². The van der Waals surface area contributed by atoms with Gasteiger partial charge >= 0.3 is 5.95 Å². The number of imidazole rings is 1. The van der Waals surface area contributed by atoms with Gasteiger partial charge in [-0.2, -0.15) is 9.78 Å². The summed E-state index contributed by atoms with van der Waals surface area (Å²) in [4.78, 5) is 36.3. The van der Waals surface area contributed by atoms with Gasteiger partial charge in [-0.3, -0.25) is 4.98 Å². The molecule has 45 heavy (non-hydrogen) atoms. The van der Waals surface area contributed by atoms with Gasteiger partial charge in [-0.05, 0) is 48.0 Å². The van der Waals surface area contributed by atoms with E-state index in [2.05, 4.69) is 40.6 Å². The SMILES string of the molecule is Cn1c(Cn2nnc(-c3cnc4cc(N5CCOCC5)nc(OC5CCC(Nc6ncccn6)CC5)c4c3)n2)cnc1[N+](=O)[O-]. The fraction of sp³-hybridized carbons (Fsp3) is 0.429. The Balaban J connectivity index is 1.13. The molecule has 5 aromatic heterocycles. The fourth-order valence-corrected chi connectivity index (χ4v) is 5.61. The van der Waals surface area contributed by atoms with Gasteiger partial charge in [0.05, 0.1) is 31.2 Å². The van der Waals surface area contributed by atoms with Gasteiger partial charge in [0.25, 0.3) is 0 Å². The summed E-state index contributed by atoms with van der Waals surface area (Å²) < 4.78 is 13.6. The second kappa shape index (κ2) is 12.4. The average molecular weight is 614 g/mol. The maximum Gasteiger partial charge on any atom is 0.434 e. The number of tetrazole rings is 1. The van der Waals surface area contributed by atoms with Crippen molar-refractivity contribution in [2.75, 3.05) is 36.5 Å². The average Bonchev–Trinajstić information content (AvgIpc) is 3.69. The molecule has 1 aliphatic heterocycles. The van der Waals surface area contributed by atoms with Gasteiger partial charge in [-0.1, -0.05) is 4.98 Å². The summed E-state index contributed by atoms with van der Waals surface area (Å²) >= 11 is 0. The molecule has 1 saturated heterocycles. The van der Waals surface area contributed by atoms with Crippen LogP contribution in [0, 0.1) is 10.1 Å². The van der Waals surface area contributed by atoms with Crippen molar-refractivity contribution in [1.29, 1.82) is 0 Å². The van der Waals surface area contributed by atoms with Crippen LogP contribution in [0.2, 0.25) is 0 Å². The molecule has 0 amide bonds. The molecule has 1 aliphatic carbocycles. The van der Waals surface area contributed by atoms with Gasteiger partial charge in [0.15, 0.2) is 0 Å². The van der Waals surface area contributed by atoms with Crippen molar-refractivity contribution in [2.24, 2.45) is 7.05 Å². The third-order valence-electron chi connectivity index (χ3n) is 8.06. The molecule has 0 aromatic carbocycles. The Morgan fingerprint density at radius 3 is 2.62 bits per heavy atom. The summed E-state index contributed by atoms with van der Waals surface area (Å²) in [6.07, 6.45) is 10.1. The maximum absolute atomic E-state index is 11.2. The number of aromatic nitrogens is 10. The summed E-state index contributed by atoms with van der Waals surface area (Å²) in [7, 11) is 1.58. The molecule has 1 saturated carbocycles. The molecule has 6 heterocycles. The van der Waals surface area contributed by atoms with Crippen molar-refractivity contribution in [3.63, 3.8) is 0 Å². The van der Waals surface area contributed by atoms with Crippen molar-refractivity contribution in [3.8, 4) is 17.3 Å². The lowest BCUT2D eigenvalue weighted by atomic mass is 9.93. The largest absolute Gasteiger partial charge is 0.474 e. The molecule has 0 atom stereocenters. The van der Waals surface area contributed by atoms with Crippen molar-refractivity contribution < 1.29 is 14.4 Å². The van der Waals surface area contributed by atoms with Crippen molar-refractivity contribution in [3.05, 3.63) is 58.8 Å². The van der Waals surface area contributed by atoms with E-state index in [9.17, 15) is 10.1 Å². The molecule has 0 radical (unpaired) electrons. The summed E-state index contributed by atoms with van der Waals surface area (Å²) in [6.45, 7) is 2.91. The second-order valence-corrected chi connectivity index (χ2v) is 11.0. The molecular weight excluding hydrogens is 582 g/mol. The van der Waals surface area contributed by atoms with Gasteiger partial charge in [0, 0.05) is 49.4 Å². The number of nitrogens with zero attached hydrogens (tertiary/aromatic N) is 12. The first-order valence-electron chi connectivity index (χ1n) is 14.8. The number of anilines is 2. The van der Waals surface area contributed by atoms with Crippen LogP contribution < -0.4 is 15.0 Å². The predicted molar refractivity (Wildman–Crippen MR) is 161 cm³/mol. The zero-order valence-electron chi connectivity index (χ0n) is 24.6. The Bertz CT molecular complexity index is 1800. The number of ether oxygens (including phenoxy) is 2. The minimum atomic E-state index is -0.537. The van der Waals surface area contributed by atoms with E-state index in [1.54, 1.807) is 31.7 Å². The summed E-state index contributed by atoms with van der Waals surface area (Å²) in [6, 6.07) is 5.97. The molecule has 1 N–H and O–H groups in total. The Labute approximate surface area is 256 Å². The third kappa shape index (κ3) is 6.19. The first-order chi connectivity index (χ1) is 22.0. The van der Waals surface area contributed by atoms with E-state index in [-0.39, 0.29) is 24.6 Å². The lowest BCUT2D eigenvalue weighted by Crippen LogP contribution is -2.37. The highest BCUT2D eigenvalue weighted by atomic mass is 16.6. The molecule has 2 fully saturated rings. The molecular formula is C28H31N13O4. The number of hydrogen-bond donors (Lipinski definition) is 1. The molecule has 0 bridgehead atoms. The van der Waals surface area contributed by atoms with Gasteiger partial charge in [-0.25, -0.2) is 14.5 Å². The lowest BCUT2D eigenvalue weighted by molar-refractivity contribution is -0.396. The van der Waals surface area contributed by atoms with Crippen LogP contribution in [-0.4, -0.2) is 93.1 Å². The number of morpholine rings is 1. The number of nitro groups is 1. The first-order valence-corrected chi connectivity index (χ1v) is 14.8. The van der Waals surface area contributed by atoms with Crippen LogP contribution in [0.4, 0.5) is 17.7 Å². The Hall–Kier alpha value is -5.32. The zero-order valence-corrected chi connectivity index (χ0v) is 24.6. The first kappa shape index (κ1) is 28.5. The van der Waals surface area contributed by atoms with Crippen LogP contribution in [0.15, 0.2) is 43.0 Å². The highest BCUT2D eigenvalue weighted by molar-refractivity contribution is 5.88. The third-order valence-corrected chi connectivity index (χ3v) is 8.06. The van der Waals surface area contributed by atoms with Crippen LogP contribution in [0.3, 0.4) is 0 Å². The van der Waals surface area contributed by atoms with Gasteiger partial charge in [-0.15, -0.1) is 10.2 Å². The normalized spacial score (nSPS) is 18.6. The quantitative estimate of drug-likeness (QED) is 0.188. The highest BCUT2D eigenvalue weighted by Gasteiger charge is 2.26. The molecule has 17 nitrogen and oxygen atoms in total. The molecule has 5 aromatic rings. The number of hydrogen-bond acceptors (Lipinski definition) is 14. The minimum absolute atomic E-state index is 0.0130. The Morgan fingerprint density at radius 1 is 1.07 bits per heavy atom. The van der Waals surface area contributed by atoms with Crippen molar-refractivity contribution >= 4 is 28.6 Å². The summed E-state index contributed by atoms with van der Waals surface area (Å²) in [5, 5.41) is 28.2. The molecule has 17 heteroatoms. The molecule has 0 spiro atoms. The standard InChI is InChI=1S/C28H31N13O4/c1-38-20(16-32-28(38)41(42)43)17-40-36-25(35-37-40)18-13-22-23(31-15-18)14-24(39-9-11-44-12-10-39)34-26(22)45-21-5-3-19(4-6-21)33-27-29-7-2-8-30-27/h2,7-8,13-16,19,21H,3-6,9-12,17H2,1H3,(H,29,30,33). The number of rotatable bonds is 9. The van der Waals surface area contributed by atoms with E-state index in [1.165, 1.54) is 15.6 Å². The zero-order chi connectivity index (χ0) is 30.8. The van der Waals surface area contributed by atoms with E-state index in [0.717, 1.165) is 55.5 Å². The fourth-order valence-electron chi connectivity index (χ4n) is 5.61. The molecule has 7 rings (SSSR count). The highest BCUT2D eigenvalue weighted by Crippen LogP contribution is 2.33. The topological polar surface area (TPSA) is 190 Å². The second-order valence-electron chi connectivity index (χ2n) is 11.0. The molecule has 2 aliphatic rings. The molecule has 0 unspecified atom stereocenters. The summed E-state index contributed by atoms with van der Waals surface area (Å²) in [5.74, 6) is 2.06. The van der Waals surface area contributed by atoms with Crippen LogP contribution in [0.25, 0.3) is 22.3 Å². The van der Waals surface area contributed by atoms with Gasteiger partial charge < -0.3 is 29.8 Å². The monoisotopic (exact) mass is 613 g/mol. The van der Waals surface area contributed by atoms with Crippen molar-refractivity contribution in [1.82, 2.24) is 49.7 Å². The number of fused-ring (bicyclic) bond motifs is 1. The van der Waals surface area contributed by atoms with E-state index in [4.69, 9.17) is 19.4 Å². The van der Waals surface area contributed by atoms with Crippen LogP contribution >= 0.6 is 0 Å². The van der Waals surface area contributed by atoms with E-state index in [1.807, 2.05) is 12.1 Å². The Kier molecular flexibility index (Phi) is 7.81. The van der Waals surface area contributed by atoms with E-state index >= 15 is 0 Å². The van der Waals surface area contributed by atoms with Crippen LogP contribution in [-0.2, 0) is 18.3 Å². The Morgan fingerprint density at radius 2 is 1.87 bits per heavy atom. The van der Waals surface area contributed by atoms with Gasteiger partial charge in [0.1, 0.15) is 30.4 Å². The van der Waals surface area contributed by atoms with E-state index < -0.39 is 4.92 Å². The minimum Gasteiger partial charge on any atom is -0.474 e. The lowest BCUT2D eigenvalue weighted by Gasteiger charge is -2.31. The number of pyridine rings is 2. The number of nitrogens with one attached hydrogen (secondary N) is 1. The van der Waals surface area contributed by atoms with Crippen LogP contribution in [0.1, 0.15) is 31.4 Å². The maximum atomic E-state index is 11.2. The van der Waals surface area contributed by atoms with Crippen LogP contribution in [0.5, 0.6) is 5.88 Å². The van der Waals surface area contributed by atoms with E-state index in [0.29, 0.717) is 42.1 Å². The summed E-state index contributed by atoms with van der Waals surface area (Å²) in [5.41, 5.74) is 1.96. The van der Waals surface area contributed by atoms with Crippen molar-refractivity contribution in [2.45, 2.75) is 44.4 Å². The smallest absolute Gasteiger partial charge is 0.434 e. The predicted octanol–water partition coefficient (Wildman–Crippen LogP) is 2.40. The molecule has 232 valence electrons.